The Balaban J connectivity index is 1.69. The zero-order valence-corrected chi connectivity index (χ0v) is 12.7. The number of halogens is 1. The van der Waals surface area contributed by atoms with Gasteiger partial charge in [0.05, 0.1) is 6.10 Å². The highest BCUT2D eigenvalue weighted by atomic mass is 35.5. The number of aromatic nitrogens is 2. The summed E-state index contributed by atoms with van der Waals surface area (Å²) < 4.78 is 5.88. The van der Waals surface area contributed by atoms with E-state index in [0.29, 0.717) is 17.0 Å². The van der Waals surface area contributed by atoms with Gasteiger partial charge in [-0.25, -0.2) is 9.97 Å². The standard InChI is InChI=1S/C16H18ClN3O/c1-11-18-15(17)10-16(19-11)20-13-7-8-21-14(9-13)12-5-3-2-4-6-12/h2-6,10,13-14H,7-9H2,1H3,(H,18,19,20). The molecule has 2 unspecified atom stereocenters. The molecule has 1 aromatic heterocycles. The van der Waals surface area contributed by atoms with E-state index in [1.165, 1.54) is 5.56 Å². The highest BCUT2D eigenvalue weighted by molar-refractivity contribution is 6.29. The lowest BCUT2D eigenvalue weighted by atomic mass is 9.97. The Hall–Kier alpha value is -1.65. The Bertz CT molecular complexity index is 585. The summed E-state index contributed by atoms with van der Waals surface area (Å²) in [6.07, 6.45) is 2.02. The van der Waals surface area contributed by atoms with E-state index < -0.39 is 0 Å². The molecule has 2 heterocycles. The molecule has 3 rings (SSSR count). The third kappa shape index (κ3) is 3.71. The molecule has 4 nitrogen and oxygen atoms in total. The van der Waals surface area contributed by atoms with Gasteiger partial charge in [0.2, 0.25) is 0 Å². The molecule has 5 heteroatoms. The van der Waals surface area contributed by atoms with Crippen molar-refractivity contribution in [2.45, 2.75) is 31.9 Å². The zero-order chi connectivity index (χ0) is 14.7. The van der Waals surface area contributed by atoms with Crippen molar-refractivity contribution >= 4 is 17.4 Å². The molecule has 0 radical (unpaired) electrons. The molecule has 0 spiro atoms. The second-order valence-corrected chi connectivity index (χ2v) is 5.65. The molecular formula is C16H18ClN3O. The molecular weight excluding hydrogens is 286 g/mol. The highest BCUT2D eigenvalue weighted by Gasteiger charge is 2.24. The number of hydrogen-bond acceptors (Lipinski definition) is 4. The fourth-order valence-electron chi connectivity index (χ4n) is 2.64. The van der Waals surface area contributed by atoms with Crippen LogP contribution in [0.25, 0.3) is 0 Å². The van der Waals surface area contributed by atoms with Crippen molar-refractivity contribution in [1.82, 2.24) is 9.97 Å². The van der Waals surface area contributed by atoms with Gasteiger partial charge in [0.15, 0.2) is 0 Å². The van der Waals surface area contributed by atoms with E-state index in [1.54, 1.807) is 6.07 Å². The lowest BCUT2D eigenvalue weighted by Gasteiger charge is -2.30. The molecule has 1 aliphatic rings. The van der Waals surface area contributed by atoms with Crippen molar-refractivity contribution in [3.8, 4) is 0 Å². The summed E-state index contributed by atoms with van der Waals surface area (Å²) in [4.78, 5) is 8.46. The van der Waals surface area contributed by atoms with E-state index in [0.717, 1.165) is 25.3 Å². The first kappa shape index (κ1) is 14.3. The summed E-state index contributed by atoms with van der Waals surface area (Å²) in [5.41, 5.74) is 1.22. The van der Waals surface area contributed by atoms with Crippen LogP contribution in [0.1, 0.15) is 30.3 Å². The van der Waals surface area contributed by atoms with Crippen molar-refractivity contribution in [2.24, 2.45) is 0 Å². The Kier molecular flexibility index (Phi) is 4.36. The third-order valence-corrected chi connectivity index (χ3v) is 3.81. The Morgan fingerprint density at radius 2 is 2.05 bits per heavy atom. The lowest BCUT2D eigenvalue weighted by Crippen LogP contribution is -2.30. The first-order chi connectivity index (χ1) is 10.2. The van der Waals surface area contributed by atoms with Crippen LogP contribution in [0, 0.1) is 6.92 Å². The summed E-state index contributed by atoms with van der Waals surface area (Å²) in [6.45, 7) is 2.59. The molecule has 21 heavy (non-hydrogen) atoms. The number of benzene rings is 1. The molecule has 0 bridgehead atoms. The van der Waals surface area contributed by atoms with Crippen LogP contribution < -0.4 is 5.32 Å². The van der Waals surface area contributed by atoms with Crippen molar-refractivity contribution < 1.29 is 4.74 Å². The van der Waals surface area contributed by atoms with E-state index >= 15 is 0 Å². The topological polar surface area (TPSA) is 47.0 Å². The first-order valence-electron chi connectivity index (χ1n) is 7.15. The van der Waals surface area contributed by atoms with Crippen LogP contribution in [0.5, 0.6) is 0 Å². The van der Waals surface area contributed by atoms with Gasteiger partial charge >= 0.3 is 0 Å². The van der Waals surface area contributed by atoms with Crippen LogP contribution in [0.3, 0.4) is 0 Å². The molecule has 1 aromatic carbocycles. The van der Waals surface area contributed by atoms with E-state index in [-0.39, 0.29) is 6.10 Å². The fraction of sp³-hybridized carbons (Fsp3) is 0.375. The van der Waals surface area contributed by atoms with Crippen molar-refractivity contribution in [2.75, 3.05) is 11.9 Å². The summed E-state index contributed by atoms with van der Waals surface area (Å²) in [7, 11) is 0. The molecule has 0 aliphatic carbocycles. The Morgan fingerprint density at radius 1 is 1.24 bits per heavy atom. The molecule has 2 aromatic rings. The van der Waals surface area contributed by atoms with E-state index in [2.05, 4.69) is 27.4 Å². The van der Waals surface area contributed by atoms with Crippen molar-refractivity contribution in [3.63, 3.8) is 0 Å². The van der Waals surface area contributed by atoms with E-state index in [4.69, 9.17) is 16.3 Å². The number of nitrogens with zero attached hydrogens (tertiary/aromatic N) is 2. The summed E-state index contributed by atoms with van der Waals surface area (Å²) in [5, 5.41) is 3.92. The zero-order valence-electron chi connectivity index (χ0n) is 11.9. The Morgan fingerprint density at radius 3 is 2.81 bits per heavy atom. The van der Waals surface area contributed by atoms with Crippen LogP contribution >= 0.6 is 11.6 Å². The van der Waals surface area contributed by atoms with Gasteiger partial charge in [-0.15, -0.1) is 0 Å². The molecule has 2 atom stereocenters. The van der Waals surface area contributed by atoms with E-state index in [9.17, 15) is 0 Å². The van der Waals surface area contributed by atoms with Gasteiger partial charge < -0.3 is 10.1 Å². The molecule has 1 fully saturated rings. The SMILES string of the molecule is Cc1nc(Cl)cc(NC2CCOC(c3ccccc3)C2)n1. The minimum absolute atomic E-state index is 0.135. The van der Waals surface area contributed by atoms with Crippen LogP contribution in [0.4, 0.5) is 5.82 Å². The number of aryl methyl sites for hydroxylation is 1. The monoisotopic (exact) mass is 303 g/mol. The van der Waals surface area contributed by atoms with Gasteiger partial charge in [0.1, 0.15) is 16.8 Å². The summed E-state index contributed by atoms with van der Waals surface area (Å²) >= 11 is 5.98. The largest absolute Gasteiger partial charge is 0.373 e. The number of ether oxygens (including phenoxy) is 1. The predicted molar refractivity (Wildman–Crippen MR) is 83.6 cm³/mol. The second-order valence-electron chi connectivity index (χ2n) is 5.26. The quantitative estimate of drug-likeness (QED) is 0.877. The normalized spacial score (nSPS) is 22.0. The second kappa shape index (κ2) is 6.41. The van der Waals surface area contributed by atoms with Crippen LogP contribution in [0.2, 0.25) is 5.15 Å². The molecule has 0 saturated carbocycles. The predicted octanol–water partition coefficient (Wildman–Crippen LogP) is 3.77. The molecule has 0 amide bonds. The summed E-state index contributed by atoms with van der Waals surface area (Å²) in [5.74, 6) is 1.46. The van der Waals surface area contributed by atoms with Crippen LogP contribution in [0.15, 0.2) is 36.4 Å². The molecule has 110 valence electrons. The van der Waals surface area contributed by atoms with Gasteiger partial charge in [-0.05, 0) is 25.3 Å². The maximum absolute atomic E-state index is 5.98. The first-order valence-corrected chi connectivity index (χ1v) is 7.53. The molecule has 1 N–H and O–H groups in total. The number of hydrogen-bond donors (Lipinski definition) is 1. The van der Waals surface area contributed by atoms with Gasteiger partial charge in [0.25, 0.3) is 0 Å². The van der Waals surface area contributed by atoms with Gasteiger partial charge in [-0.2, -0.15) is 0 Å². The molecule has 1 aliphatic heterocycles. The van der Waals surface area contributed by atoms with E-state index in [1.807, 2.05) is 25.1 Å². The number of rotatable bonds is 3. The third-order valence-electron chi connectivity index (χ3n) is 3.61. The Labute approximate surface area is 129 Å². The smallest absolute Gasteiger partial charge is 0.134 e. The minimum atomic E-state index is 0.135. The maximum atomic E-state index is 5.98. The van der Waals surface area contributed by atoms with Crippen LogP contribution in [-0.4, -0.2) is 22.6 Å². The lowest BCUT2D eigenvalue weighted by molar-refractivity contribution is 0.00974. The van der Waals surface area contributed by atoms with Gasteiger partial charge in [-0.3, -0.25) is 0 Å². The molecule has 1 saturated heterocycles. The van der Waals surface area contributed by atoms with Gasteiger partial charge in [0, 0.05) is 18.7 Å². The highest BCUT2D eigenvalue weighted by Crippen LogP contribution is 2.29. The van der Waals surface area contributed by atoms with Crippen LogP contribution in [-0.2, 0) is 4.74 Å². The number of anilines is 1. The average Bonchev–Trinajstić information content (AvgIpc) is 2.47. The van der Waals surface area contributed by atoms with Crippen molar-refractivity contribution in [3.05, 3.63) is 52.9 Å². The maximum Gasteiger partial charge on any atom is 0.134 e. The fourth-order valence-corrected chi connectivity index (χ4v) is 2.87. The number of nitrogens with one attached hydrogen (secondary N) is 1. The minimum Gasteiger partial charge on any atom is -0.373 e. The average molecular weight is 304 g/mol. The van der Waals surface area contributed by atoms with Gasteiger partial charge in [-0.1, -0.05) is 41.9 Å². The summed E-state index contributed by atoms with van der Waals surface area (Å²) in [6, 6.07) is 12.4. The van der Waals surface area contributed by atoms with Crippen molar-refractivity contribution in [1.29, 1.82) is 0 Å².